The van der Waals surface area contributed by atoms with Gasteiger partial charge in [0.05, 0.1) is 16.4 Å². The summed E-state index contributed by atoms with van der Waals surface area (Å²) < 4.78 is 31.5. The van der Waals surface area contributed by atoms with E-state index in [-0.39, 0.29) is 10.6 Å². The third-order valence-corrected chi connectivity index (χ3v) is 5.59. The highest BCUT2D eigenvalue weighted by atomic mass is 32.2. The van der Waals surface area contributed by atoms with Crippen LogP contribution in [-0.2, 0) is 22.7 Å². The van der Waals surface area contributed by atoms with Gasteiger partial charge in [-0.1, -0.05) is 13.8 Å². The molecule has 0 fully saturated rings. The zero-order chi connectivity index (χ0) is 17.0. The van der Waals surface area contributed by atoms with E-state index in [1.54, 1.807) is 6.07 Å². The van der Waals surface area contributed by atoms with Crippen LogP contribution >= 0.6 is 0 Å². The Morgan fingerprint density at radius 2 is 1.57 bits per heavy atom. The molecule has 0 aliphatic rings. The summed E-state index contributed by atoms with van der Waals surface area (Å²) in [5.74, 6) is 0.789. The van der Waals surface area contributed by atoms with E-state index < -0.39 is 9.84 Å². The van der Waals surface area contributed by atoms with Gasteiger partial charge < -0.3 is 9.84 Å². The number of sulfone groups is 1. The van der Waals surface area contributed by atoms with E-state index in [1.165, 1.54) is 24.3 Å². The molecule has 0 bridgehead atoms. The van der Waals surface area contributed by atoms with Gasteiger partial charge in [-0.15, -0.1) is 0 Å². The van der Waals surface area contributed by atoms with E-state index in [1.807, 2.05) is 26.8 Å². The first-order chi connectivity index (χ1) is 10.9. The number of hydrogen-bond acceptors (Lipinski definition) is 4. The average molecular weight is 334 g/mol. The van der Waals surface area contributed by atoms with Gasteiger partial charge in [0.2, 0.25) is 9.84 Å². The minimum absolute atomic E-state index is 0.0422. The van der Waals surface area contributed by atoms with Crippen molar-refractivity contribution in [3.05, 3.63) is 47.5 Å². The van der Waals surface area contributed by atoms with Gasteiger partial charge >= 0.3 is 0 Å². The van der Waals surface area contributed by atoms with Gasteiger partial charge in [0, 0.05) is 0 Å². The Morgan fingerprint density at radius 1 is 0.957 bits per heavy atom. The maximum atomic E-state index is 12.9. The van der Waals surface area contributed by atoms with Gasteiger partial charge in [0.15, 0.2) is 0 Å². The highest BCUT2D eigenvalue weighted by molar-refractivity contribution is 7.91. The number of phenolic OH excluding ortho intramolecular Hbond substituents is 1. The molecule has 4 nitrogen and oxygen atoms in total. The molecule has 0 aliphatic heterocycles. The van der Waals surface area contributed by atoms with Crippen LogP contribution in [0.5, 0.6) is 11.5 Å². The molecule has 0 heterocycles. The Balaban J connectivity index is 2.63. The van der Waals surface area contributed by atoms with E-state index in [2.05, 4.69) is 0 Å². The highest BCUT2D eigenvalue weighted by Crippen LogP contribution is 2.32. The van der Waals surface area contributed by atoms with Gasteiger partial charge in [-0.2, -0.15) is 0 Å². The number of phenols is 1. The Kier molecular flexibility index (Phi) is 5.31. The maximum Gasteiger partial charge on any atom is 0.206 e. The van der Waals surface area contributed by atoms with Crippen molar-refractivity contribution in [2.24, 2.45) is 0 Å². The van der Waals surface area contributed by atoms with E-state index in [0.717, 1.165) is 16.9 Å². The van der Waals surface area contributed by atoms with Crippen molar-refractivity contribution in [1.29, 1.82) is 0 Å². The van der Waals surface area contributed by atoms with Gasteiger partial charge in [0.25, 0.3) is 0 Å². The number of hydrogen-bond donors (Lipinski definition) is 1. The average Bonchev–Trinajstić information content (AvgIpc) is 2.55. The molecule has 1 N–H and O–H groups in total. The molecule has 0 aliphatic carbocycles. The summed E-state index contributed by atoms with van der Waals surface area (Å²) in [6, 6.07) is 9.15. The molecule has 0 unspecified atom stereocenters. The van der Waals surface area contributed by atoms with Crippen molar-refractivity contribution in [3.63, 3.8) is 0 Å². The molecule has 0 saturated heterocycles. The fourth-order valence-electron chi connectivity index (χ4n) is 2.49. The summed E-state index contributed by atoms with van der Waals surface area (Å²) in [6.45, 7) is 6.35. The predicted molar refractivity (Wildman–Crippen MR) is 89.9 cm³/mol. The van der Waals surface area contributed by atoms with Crippen LogP contribution in [0.15, 0.2) is 46.2 Å². The van der Waals surface area contributed by atoms with E-state index in [4.69, 9.17) is 4.74 Å². The summed E-state index contributed by atoms with van der Waals surface area (Å²) in [5, 5.41) is 9.36. The van der Waals surface area contributed by atoms with E-state index >= 15 is 0 Å². The van der Waals surface area contributed by atoms with Gasteiger partial charge in [0.1, 0.15) is 11.5 Å². The maximum absolute atomic E-state index is 12.9. The van der Waals surface area contributed by atoms with Crippen LogP contribution < -0.4 is 4.74 Å². The molecule has 0 radical (unpaired) electrons. The summed E-state index contributed by atoms with van der Waals surface area (Å²) in [6.07, 6.45) is 1.29. The van der Waals surface area contributed by atoms with Crippen molar-refractivity contribution < 1.29 is 18.3 Å². The van der Waals surface area contributed by atoms with Crippen molar-refractivity contribution in [3.8, 4) is 11.5 Å². The zero-order valence-corrected chi connectivity index (χ0v) is 14.5. The van der Waals surface area contributed by atoms with E-state index in [0.29, 0.717) is 24.3 Å². The SMILES string of the molecule is CCOc1cc(CC)c(S(=O)(=O)c2ccc(O)cc2)cc1CC. The van der Waals surface area contributed by atoms with Crippen LogP contribution in [0.3, 0.4) is 0 Å². The van der Waals surface area contributed by atoms with Crippen LogP contribution in [0.1, 0.15) is 31.9 Å². The largest absolute Gasteiger partial charge is 0.508 e. The standard InChI is InChI=1S/C18H22O4S/c1-4-13-12-18(14(5-2)11-17(13)22-6-3)23(20,21)16-9-7-15(19)8-10-16/h7-12,19H,4-6H2,1-3H3. The lowest BCUT2D eigenvalue weighted by Crippen LogP contribution is -2.08. The molecule has 0 spiro atoms. The third-order valence-electron chi connectivity index (χ3n) is 3.74. The summed E-state index contributed by atoms with van der Waals surface area (Å²) in [5.41, 5.74) is 1.61. The second-order valence-electron chi connectivity index (χ2n) is 5.21. The van der Waals surface area contributed by atoms with Gasteiger partial charge in [-0.3, -0.25) is 0 Å². The minimum atomic E-state index is -3.63. The quantitative estimate of drug-likeness (QED) is 0.874. The second-order valence-corrected chi connectivity index (χ2v) is 7.12. The fraction of sp³-hybridized carbons (Fsp3) is 0.333. The summed E-state index contributed by atoms with van der Waals surface area (Å²) in [4.78, 5) is 0.488. The molecule has 2 aromatic rings. The number of rotatable bonds is 6. The monoisotopic (exact) mass is 334 g/mol. The highest BCUT2D eigenvalue weighted by Gasteiger charge is 2.23. The van der Waals surface area contributed by atoms with Crippen LogP contribution in [-0.4, -0.2) is 20.1 Å². The molecule has 0 aromatic heterocycles. The van der Waals surface area contributed by atoms with Crippen LogP contribution in [0.4, 0.5) is 0 Å². The molecule has 124 valence electrons. The zero-order valence-electron chi connectivity index (χ0n) is 13.7. The lowest BCUT2D eigenvalue weighted by atomic mass is 10.1. The first-order valence-corrected chi connectivity index (χ1v) is 9.25. The van der Waals surface area contributed by atoms with Crippen LogP contribution in [0.2, 0.25) is 0 Å². The Morgan fingerprint density at radius 3 is 2.09 bits per heavy atom. The summed E-state index contributed by atoms with van der Waals surface area (Å²) >= 11 is 0. The van der Waals surface area contributed by atoms with Crippen molar-refractivity contribution in [2.45, 2.75) is 43.4 Å². The van der Waals surface area contributed by atoms with Gasteiger partial charge in [-0.25, -0.2) is 8.42 Å². The minimum Gasteiger partial charge on any atom is -0.508 e. The molecular formula is C18H22O4S. The molecule has 0 amide bonds. The molecular weight excluding hydrogens is 312 g/mol. The molecule has 0 saturated carbocycles. The third kappa shape index (κ3) is 3.50. The first kappa shape index (κ1) is 17.3. The Hall–Kier alpha value is -2.01. The molecule has 2 aromatic carbocycles. The lowest BCUT2D eigenvalue weighted by molar-refractivity contribution is 0.336. The Labute approximate surface area is 137 Å². The topological polar surface area (TPSA) is 63.6 Å². The predicted octanol–water partition coefficient (Wildman–Crippen LogP) is 3.75. The van der Waals surface area contributed by atoms with Crippen LogP contribution in [0, 0.1) is 0 Å². The second kappa shape index (κ2) is 7.04. The van der Waals surface area contributed by atoms with E-state index in [9.17, 15) is 13.5 Å². The molecule has 2 rings (SSSR count). The normalized spacial score (nSPS) is 11.4. The number of ether oxygens (including phenoxy) is 1. The van der Waals surface area contributed by atoms with Crippen LogP contribution in [0.25, 0.3) is 0 Å². The first-order valence-electron chi connectivity index (χ1n) is 7.76. The molecule has 0 atom stereocenters. The van der Waals surface area contributed by atoms with Crippen molar-refractivity contribution in [2.75, 3.05) is 6.61 Å². The molecule has 23 heavy (non-hydrogen) atoms. The Bertz CT molecular complexity index is 777. The number of aromatic hydroxyl groups is 1. The molecule has 5 heteroatoms. The lowest BCUT2D eigenvalue weighted by Gasteiger charge is -2.15. The van der Waals surface area contributed by atoms with Crippen molar-refractivity contribution >= 4 is 9.84 Å². The smallest absolute Gasteiger partial charge is 0.206 e. The van der Waals surface area contributed by atoms with Crippen molar-refractivity contribution in [1.82, 2.24) is 0 Å². The van der Waals surface area contributed by atoms with Gasteiger partial charge in [-0.05, 0) is 67.3 Å². The fourth-order valence-corrected chi connectivity index (χ4v) is 4.08. The number of aryl methyl sites for hydroxylation is 2. The number of benzene rings is 2. The summed E-state index contributed by atoms with van der Waals surface area (Å²) in [7, 11) is -3.63.